The molecule has 1 aliphatic carbocycles. The largest absolute Gasteiger partial charge is 0.466 e. The molecule has 1 saturated carbocycles. The number of carbonyl (C=O) groups excluding carboxylic acids is 1. The van der Waals surface area contributed by atoms with E-state index in [2.05, 4.69) is 6.58 Å². The van der Waals surface area contributed by atoms with Gasteiger partial charge < -0.3 is 4.74 Å². The molecule has 0 aliphatic heterocycles. The summed E-state index contributed by atoms with van der Waals surface area (Å²) >= 11 is 0. The molecule has 0 heterocycles. The van der Waals surface area contributed by atoms with Crippen LogP contribution in [0, 0.1) is 11.8 Å². The summed E-state index contributed by atoms with van der Waals surface area (Å²) in [5.74, 6) is 0.235. The van der Waals surface area contributed by atoms with Gasteiger partial charge in [-0.05, 0) is 12.8 Å². The third kappa shape index (κ3) is 1.06. The molecule has 0 spiro atoms. The van der Waals surface area contributed by atoms with E-state index in [0.717, 1.165) is 5.57 Å². The average molecular weight is 140 g/mol. The Balaban J connectivity index is 2.38. The van der Waals surface area contributed by atoms with E-state index in [-0.39, 0.29) is 11.9 Å². The number of carbonyl (C=O) groups is 1. The minimum Gasteiger partial charge on any atom is -0.466 e. The van der Waals surface area contributed by atoms with Crippen molar-refractivity contribution in [1.82, 2.24) is 0 Å². The van der Waals surface area contributed by atoms with E-state index >= 15 is 0 Å². The van der Waals surface area contributed by atoms with Crippen molar-refractivity contribution in [3.8, 4) is 0 Å². The van der Waals surface area contributed by atoms with Gasteiger partial charge in [0.15, 0.2) is 0 Å². The fourth-order valence-electron chi connectivity index (χ4n) is 1.05. The van der Waals surface area contributed by atoms with Crippen LogP contribution >= 0.6 is 0 Å². The number of ether oxygens (including phenoxy) is 1. The number of hydrogen-bond donors (Lipinski definition) is 0. The van der Waals surface area contributed by atoms with Crippen molar-refractivity contribution in [3.63, 3.8) is 0 Å². The molecule has 2 nitrogen and oxygen atoms in total. The van der Waals surface area contributed by atoms with Crippen LogP contribution in [0.25, 0.3) is 0 Å². The van der Waals surface area contributed by atoms with Gasteiger partial charge in [-0.25, -0.2) is 0 Å². The highest BCUT2D eigenvalue weighted by Crippen LogP contribution is 2.44. The van der Waals surface area contributed by atoms with Crippen molar-refractivity contribution in [2.45, 2.75) is 13.8 Å². The van der Waals surface area contributed by atoms with Gasteiger partial charge in [0, 0.05) is 0 Å². The molecule has 1 rings (SSSR count). The molecule has 1 fully saturated rings. The standard InChI is InChI=1S/C8H12O2/c1-4-10-8(9)7-5(2)6(7)3/h6-7H,2,4H2,1,3H3/t6-,7-/m1/s1. The highest BCUT2D eigenvalue weighted by atomic mass is 16.5. The first-order valence-electron chi connectivity index (χ1n) is 3.53. The molecule has 0 bridgehead atoms. The SMILES string of the molecule is C=C1[C@@H](C(=O)OCC)[C@@H]1C. The van der Waals surface area contributed by atoms with Crippen molar-refractivity contribution in [3.05, 3.63) is 12.2 Å². The van der Waals surface area contributed by atoms with Crippen LogP contribution in [0.15, 0.2) is 12.2 Å². The molecular weight excluding hydrogens is 128 g/mol. The molecule has 0 amide bonds. The maximum atomic E-state index is 10.9. The minimum absolute atomic E-state index is 0.0000463. The van der Waals surface area contributed by atoms with E-state index in [1.165, 1.54) is 0 Å². The van der Waals surface area contributed by atoms with Gasteiger partial charge in [-0.1, -0.05) is 19.1 Å². The van der Waals surface area contributed by atoms with Gasteiger partial charge in [0.05, 0.1) is 12.5 Å². The third-order valence-electron chi connectivity index (χ3n) is 1.92. The van der Waals surface area contributed by atoms with Gasteiger partial charge in [0.2, 0.25) is 0 Å². The summed E-state index contributed by atoms with van der Waals surface area (Å²) in [5.41, 5.74) is 1.01. The van der Waals surface area contributed by atoms with E-state index in [1.54, 1.807) is 0 Å². The highest BCUT2D eigenvalue weighted by molar-refractivity contribution is 5.81. The van der Waals surface area contributed by atoms with Crippen molar-refractivity contribution in [2.24, 2.45) is 11.8 Å². The first-order valence-corrected chi connectivity index (χ1v) is 3.53. The Labute approximate surface area is 60.9 Å². The minimum atomic E-state index is -0.111. The summed E-state index contributed by atoms with van der Waals surface area (Å²) in [5, 5.41) is 0. The first-order chi connectivity index (χ1) is 4.68. The number of esters is 1. The van der Waals surface area contributed by atoms with Crippen molar-refractivity contribution in [2.75, 3.05) is 6.61 Å². The Morgan fingerprint density at radius 1 is 1.80 bits per heavy atom. The predicted molar refractivity (Wildman–Crippen MR) is 38.4 cm³/mol. The lowest BCUT2D eigenvalue weighted by atomic mass is 10.3. The average Bonchev–Trinajstić information content (AvgIpc) is 2.42. The quantitative estimate of drug-likeness (QED) is 0.427. The van der Waals surface area contributed by atoms with Crippen LogP contribution in [-0.4, -0.2) is 12.6 Å². The molecule has 0 aromatic carbocycles. The second-order valence-electron chi connectivity index (χ2n) is 2.59. The van der Waals surface area contributed by atoms with Crippen LogP contribution in [0.5, 0.6) is 0 Å². The Bertz CT molecular complexity index is 172. The van der Waals surface area contributed by atoms with Crippen LogP contribution in [0.1, 0.15) is 13.8 Å². The molecule has 0 N–H and O–H groups in total. The summed E-state index contributed by atoms with van der Waals surface area (Å²) < 4.78 is 4.81. The Kier molecular flexibility index (Phi) is 1.79. The highest BCUT2D eigenvalue weighted by Gasteiger charge is 2.45. The second kappa shape index (κ2) is 2.45. The molecule has 0 aromatic heterocycles. The molecule has 56 valence electrons. The normalized spacial score (nSPS) is 30.0. The monoisotopic (exact) mass is 140 g/mol. The van der Waals surface area contributed by atoms with Crippen LogP contribution < -0.4 is 0 Å². The fourth-order valence-corrected chi connectivity index (χ4v) is 1.05. The molecular formula is C8H12O2. The van der Waals surface area contributed by atoms with Gasteiger partial charge in [-0.15, -0.1) is 0 Å². The first kappa shape index (κ1) is 7.32. The summed E-state index contributed by atoms with van der Waals surface area (Å²) in [4.78, 5) is 10.9. The molecule has 1 aliphatic rings. The molecule has 0 radical (unpaired) electrons. The van der Waals surface area contributed by atoms with E-state index < -0.39 is 0 Å². The second-order valence-corrected chi connectivity index (χ2v) is 2.59. The Morgan fingerprint density at radius 3 is 2.60 bits per heavy atom. The van der Waals surface area contributed by atoms with Gasteiger partial charge in [-0.3, -0.25) is 4.79 Å². The number of rotatable bonds is 2. The Morgan fingerprint density at radius 2 is 2.30 bits per heavy atom. The zero-order chi connectivity index (χ0) is 7.72. The summed E-state index contributed by atoms with van der Waals surface area (Å²) in [6, 6.07) is 0. The van der Waals surface area contributed by atoms with E-state index in [4.69, 9.17) is 4.74 Å². The smallest absolute Gasteiger partial charge is 0.313 e. The topological polar surface area (TPSA) is 26.3 Å². The zero-order valence-electron chi connectivity index (χ0n) is 6.39. The lowest BCUT2D eigenvalue weighted by molar-refractivity contribution is -0.144. The number of hydrogen-bond acceptors (Lipinski definition) is 2. The van der Waals surface area contributed by atoms with Crippen LogP contribution in [0.3, 0.4) is 0 Å². The molecule has 2 atom stereocenters. The van der Waals surface area contributed by atoms with E-state index in [1.807, 2.05) is 13.8 Å². The molecule has 0 aromatic rings. The molecule has 10 heavy (non-hydrogen) atoms. The fraction of sp³-hybridized carbons (Fsp3) is 0.625. The van der Waals surface area contributed by atoms with Gasteiger partial charge >= 0.3 is 5.97 Å². The van der Waals surface area contributed by atoms with E-state index in [0.29, 0.717) is 12.5 Å². The molecule has 2 heteroatoms. The predicted octanol–water partition coefficient (Wildman–Crippen LogP) is 1.37. The third-order valence-corrected chi connectivity index (χ3v) is 1.92. The van der Waals surface area contributed by atoms with Crippen LogP contribution in [-0.2, 0) is 9.53 Å². The lowest BCUT2D eigenvalue weighted by Crippen LogP contribution is -2.06. The van der Waals surface area contributed by atoms with Gasteiger partial charge in [0.25, 0.3) is 0 Å². The summed E-state index contributed by atoms with van der Waals surface area (Å²) in [7, 11) is 0. The van der Waals surface area contributed by atoms with Crippen molar-refractivity contribution >= 4 is 5.97 Å². The van der Waals surface area contributed by atoms with Gasteiger partial charge in [0.1, 0.15) is 0 Å². The van der Waals surface area contributed by atoms with Crippen molar-refractivity contribution < 1.29 is 9.53 Å². The van der Waals surface area contributed by atoms with Crippen LogP contribution in [0.4, 0.5) is 0 Å². The maximum Gasteiger partial charge on any atom is 0.313 e. The van der Waals surface area contributed by atoms with E-state index in [9.17, 15) is 4.79 Å². The maximum absolute atomic E-state index is 10.9. The Hall–Kier alpha value is -0.790. The zero-order valence-corrected chi connectivity index (χ0v) is 6.39. The molecule has 0 saturated heterocycles. The van der Waals surface area contributed by atoms with Crippen LogP contribution in [0.2, 0.25) is 0 Å². The van der Waals surface area contributed by atoms with Gasteiger partial charge in [-0.2, -0.15) is 0 Å². The molecule has 0 unspecified atom stereocenters. The summed E-state index contributed by atoms with van der Waals surface area (Å²) in [6.45, 7) is 8.00. The van der Waals surface area contributed by atoms with Crippen molar-refractivity contribution in [1.29, 1.82) is 0 Å². The summed E-state index contributed by atoms with van der Waals surface area (Å²) in [6.07, 6.45) is 0. The lowest BCUT2D eigenvalue weighted by Gasteiger charge is -1.96.